The van der Waals surface area contributed by atoms with Crippen LogP contribution < -0.4 is 5.73 Å². The summed E-state index contributed by atoms with van der Waals surface area (Å²) in [6, 6.07) is 3.93. The van der Waals surface area contributed by atoms with E-state index in [9.17, 15) is 0 Å². The summed E-state index contributed by atoms with van der Waals surface area (Å²) in [6.45, 7) is 0.528. The Morgan fingerprint density at radius 2 is 1.64 bits per heavy atom. The van der Waals surface area contributed by atoms with Crippen molar-refractivity contribution in [1.82, 2.24) is 0 Å². The van der Waals surface area contributed by atoms with E-state index in [1.165, 1.54) is 0 Å². The zero-order chi connectivity index (χ0) is 8.43. The first-order chi connectivity index (χ1) is 5.16. The molecule has 1 aromatic rings. The van der Waals surface area contributed by atoms with Gasteiger partial charge in [0.1, 0.15) is 0 Å². The summed E-state index contributed by atoms with van der Waals surface area (Å²) in [5, 5.41) is 0. The highest BCUT2D eigenvalue weighted by atomic mass is 79.9. The van der Waals surface area contributed by atoms with E-state index in [0.29, 0.717) is 6.54 Å². The highest BCUT2D eigenvalue weighted by Gasteiger charge is 2.05. The van der Waals surface area contributed by atoms with Gasteiger partial charge in [-0.3, -0.25) is 0 Å². The third-order valence-electron chi connectivity index (χ3n) is 1.34. The van der Waals surface area contributed by atoms with E-state index in [1.54, 1.807) is 0 Å². The molecule has 1 rings (SSSR count). The maximum absolute atomic E-state index is 5.54. The zero-order valence-electron chi connectivity index (χ0n) is 5.57. The molecule has 2 N–H and O–H groups in total. The molecule has 0 aliphatic heterocycles. The van der Waals surface area contributed by atoms with Gasteiger partial charge in [0, 0.05) is 20.0 Å². The van der Waals surface area contributed by atoms with Gasteiger partial charge < -0.3 is 5.73 Å². The van der Waals surface area contributed by atoms with E-state index in [2.05, 4.69) is 47.8 Å². The highest BCUT2D eigenvalue weighted by Crippen LogP contribution is 2.31. The van der Waals surface area contributed by atoms with Gasteiger partial charge in [-0.15, -0.1) is 0 Å². The third-order valence-corrected chi connectivity index (χ3v) is 4.18. The Balaban J connectivity index is 3.29. The van der Waals surface area contributed by atoms with Gasteiger partial charge in [-0.1, -0.05) is 15.9 Å². The predicted molar refractivity (Wildman–Crippen MR) is 57.4 cm³/mol. The summed E-state index contributed by atoms with van der Waals surface area (Å²) < 4.78 is 3.09. The van der Waals surface area contributed by atoms with Gasteiger partial charge in [-0.25, -0.2) is 0 Å². The molecule has 0 aromatic heterocycles. The molecule has 60 valence electrons. The Morgan fingerprint density at radius 1 is 1.09 bits per heavy atom. The standard InChI is InChI=1S/C7H6Br3N/c8-5-1-2-6(9)7(10)4(5)3-11/h1-2H,3,11H2. The van der Waals surface area contributed by atoms with E-state index in [0.717, 1.165) is 19.0 Å². The normalized spacial score (nSPS) is 10.2. The van der Waals surface area contributed by atoms with Crippen LogP contribution in [-0.2, 0) is 6.54 Å². The Hall–Kier alpha value is 0.620. The molecule has 11 heavy (non-hydrogen) atoms. The van der Waals surface area contributed by atoms with Crippen LogP contribution in [0.15, 0.2) is 25.6 Å². The number of hydrogen-bond acceptors (Lipinski definition) is 1. The van der Waals surface area contributed by atoms with Crippen molar-refractivity contribution < 1.29 is 0 Å². The first kappa shape index (κ1) is 9.71. The largest absolute Gasteiger partial charge is 0.326 e. The number of nitrogens with two attached hydrogens (primary N) is 1. The molecule has 0 atom stereocenters. The minimum atomic E-state index is 0.528. The second-order valence-corrected chi connectivity index (χ2v) is 4.53. The Kier molecular flexibility index (Phi) is 3.55. The maximum Gasteiger partial charge on any atom is 0.0373 e. The topological polar surface area (TPSA) is 26.0 Å². The molecule has 0 bridgehead atoms. The molecule has 1 nitrogen and oxygen atoms in total. The lowest BCUT2D eigenvalue weighted by molar-refractivity contribution is 1.05. The van der Waals surface area contributed by atoms with Crippen LogP contribution in [0.25, 0.3) is 0 Å². The van der Waals surface area contributed by atoms with Crippen LogP contribution in [0.3, 0.4) is 0 Å². The van der Waals surface area contributed by atoms with E-state index in [1.807, 2.05) is 12.1 Å². The van der Waals surface area contributed by atoms with E-state index in [4.69, 9.17) is 5.73 Å². The van der Waals surface area contributed by atoms with Crippen LogP contribution in [0.1, 0.15) is 5.56 Å². The molecule has 0 saturated carbocycles. The SMILES string of the molecule is NCc1c(Br)ccc(Br)c1Br. The molecule has 0 saturated heterocycles. The van der Waals surface area contributed by atoms with Gasteiger partial charge in [-0.05, 0) is 49.6 Å². The van der Waals surface area contributed by atoms with E-state index >= 15 is 0 Å². The van der Waals surface area contributed by atoms with Crippen molar-refractivity contribution >= 4 is 47.8 Å². The van der Waals surface area contributed by atoms with Crippen LogP contribution in [-0.4, -0.2) is 0 Å². The van der Waals surface area contributed by atoms with Crippen molar-refractivity contribution in [2.45, 2.75) is 6.54 Å². The molecular formula is C7H6Br3N. The molecule has 0 radical (unpaired) electrons. The molecule has 0 unspecified atom stereocenters. The average Bonchev–Trinajstić information content (AvgIpc) is 1.99. The summed E-state index contributed by atoms with van der Waals surface area (Å²) in [5.74, 6) is 0. The number of halogens is 3. The molecule has 0 amide bonds. The van der Waals surface area contributed by atoms with Crippen molar-refractivity contribution in [2.75, 3.05) is 0 Å². The van der Waals surface area contributed by atoms with E-state index in [-0.39, 0.29) is 0 Å². The molecule has 0 spiro atoms. The van der Waals surface area contributed by atoms with Crippen molar-refractivity contribution in [3.05, 3.63) is 31.1 Å². The molecule has 0 aliphatic carbocycles. The third kappa shape index (κ3) is 2.05. The maximum atomic E-state index is 5.54. The molecule has 0 aliphatic rings. The van der Waals surface area contributed by atoms with Crippen LogP contribution in [0.5, 0.6) is 0 Å². The van der Waals surface area contributed by atoms with Crippen molar-refractivity contribution in [2.24, 2.45) is 5.73 Å². The second-order valence-electron chi connectivity index (χ2n) is 2.03. The quantitative estimate of drug-likeness (QED) is 0.777. The smallest absolute Gasteiger partial charge is 0.0373 e. The van der Waals surface area contributed by atoms with Crippen LogP contribution in [0.4, 0.5) is 0 Å². The van der Waals surface area contributed by atoms with Crippen molar-refractivity contribution in [1.29, 1.82) is 0 Å². The fourth-order valence-electron chi connectivity index (χ4n) is 0.756. The minimum absolute atomic E-state index is 0.528. The Bertz CT molecular complexity index is 273. The lowest BCUT2D eigenvalue weighted by Gasteiger charge is -2.05. The van der Waals surface area contributed by atoms with Gasteiger partial charge >= 0.3 is 0 Å². The monoisotopic (exact) mass is 341 g/mol. The predicted octanol–water partition coefficient (Wildman–Crippen LogP) is 3.43. The second kappa shape index (κ2) is 4.03. The minimum Gasteiger partial charge on any atom is -0.326 e. The van der Waals surface area contributed by atoms with Gasteiger partial charge in [0.25, 0.3) is 0 Å². The van der Waals surface area contributed by atoms with Crippen LogP contribution in [0.2, 0.25) is 0 Å². The summed E-state index contributed by atoms with van der Waals surface area (Å²) in [4.78, 5) is 0. The van der Waals surface area contributed by atoms with Crippen LogP contribution >= 0.6 is 47.8 Å². The van der Waals surface area contributed by atoms with Gasteiger partial charge in [0.15, 0.2) is 0 Å². The van der Waals surface area contributed by atoms with Crippen LogP contribution in [0, 0.1) is 0 Å². The molecule has 0 fully saturated rings. The van der Waals surface area contributed by atoms with Gasteiger partial charge in [0.2, 0.25) is 0 Å². The van der Waals surface area contributed by atoms with E-state index < -0.39 is 0 Å². The highest BCUT2D eigenvalue weighted by molar-refractivity contribution is 9.13. The number of hydrogen-bond donors (Lipinski definition) is 1. The molecule has 1 aromatic carbocycles. The fourth-order valence-corrected chi connectivity index (χ4v) is 2.39. The number of rotatable bonds is 1. The summed E-state index contributed by atoms with van der Waals surface area (Å²) in [5.41, 5.74) is 6.62. The van der Waals surface area contributed by atoms with Gasteiger partial charge in [0.05, 0.1) is 0 Å². The first-order valence-corrected chi connectivity index (χ1v) is 5.37. The first-order valence-electron chi connectivity index (χ1n) is 2.99. The Labute approximate surface area is 90.7 Å². The number of benzene rings is 1. The molecule has 0 heterocycles. The molecular weight excluding hydrogens is 338 g/mol. The summed E-state index contributed by atoms with van der Waals surface area (Å²) in [7, 11) is 0. The van der Waals surface area contributed by atoms with Crippen molar-refractivity contribution in [3.8, 4) is 0 Å². The zero-order valence-corrected chi connectivity index (χ0v) is 10.3. The average molecular weight is 344 g/mol. The van der Waals surface area contributed by atoms with Crippen molar-refractivity contribution in [3.63, 3.8) is 0 Å². The fraction of sp³-hybridized carbons (Fsp3) is 0.143. The van der Waals surface area contributed by atoms with Gasteiger partial charge in [-0.2, -0.15) is 0 Å². The molecule has 4 heteroatoms. The lowest BCUT2D eigenvalue weighted by atomic mass is 10.2. The Morgan fingerprint density at radius 3 is 2.09 bits per heavy atom. The summed E-state index contributed by atoms with van der Waals surface area (Å²) in [6.07, 6.45) is 0. The summed E-state index contributed by atoms with van der Waals surface area (Å²) >= 11 is 10.2. The lowest BCUT2D eigenvalue weighted by Crippen LogP contribution is -1.98.